The fraction of sp³-hybridized carbons (Fsp3) is 0.750. The summed E-state index contributed by atoms with van der Waals surface area (Å²) in [5, 5.41) is 18.6. The molecule has 0 radical (unpaired) electrons. The van der Waals surface area contributed by atoms with Gasteiger partial charge in [0.2, 0.25) is 5.82 Å². The van der Waals surface area contributed by atoms with Crippen LogP contribution < -0.4 is 5.32 Å². The van der Waals surface area contributed by atoms with Crippen molar-refractivity contribution in [3.05, 3.63) is 15.8 Å². The zero-order valence-corrected chi connectivity index (χ0v) is 13.0. The van der Waals surface area contributed by atoms with Gasteiger partial charge in [-0.3, -0.25) is 10.1 Å². The van der Waals surface area contributed by atoms with Gasteiger partial charge in [-0.15, -0.1) is 0 Å². The molecule has 8 nitrogen and oxygen atoms in total. The summed E-state index contributed by atoms with van der Waals surface area (Å²) < 4.78 is 24.3. The second kappa shape index (κ2) is 6.00. The maximum atomic E-state index is 11.4. The molecular formula is C12H20N4O4S. The van der Waals surface area contributed by atoms with E-state index in [1.807, 2.05) is 6.92 Å². The molecule has 0 unspecified atom stereocenters. The van der Waals surface area contributed by atoms with Gasteiger partial charge in [0.1, 0.15) is 15.5 Å². The molecule has 21 heavy (non-hydrogen) atoms. The van der Waals surface area contributed by atoms with E-state index in [4.69, 9.17) is 0 Å². The molecule has 0 amide bonds. The summed E-state index contributed by atoms with van der Waals surface area (Å²) in [5.41, 5.74) is 0.476. The van der Waals surface area contributed by atoms with Crippen molar-refractivity contribution in [3.8, 4) is 0 Å². The second-order valence-corrected chi connectivity index (χ2v) is 7.65. The van der Waals surface area contributed by atoms with Gasteiger partial charge in [-0.2, -0.15) is 5.10 Å². The quantitative estimate of drug-likeness (QED) is 0.647. The molecule has 1 aromatic heterocycles. The third-order valence-corrected chi connectivity index (χ3v) is 5.37. The minimum atomic E-state index is -2.94. The highest BCUT2D eigenvalue weighted by atomic mass is 32.2. The first kappa shape index (κ1) is 15.7. The summed E-state index contributed by atoms with van der Waals surface area (Å²) in [6.07, 6.45) is 2.26. The van der Waals surface area contributed by atoms with Gasteiger partial charge in [0.05, 0.1) is 16.4 Å². The lowest BCUT2D eigenvalue weighted by Gasteiger charge is -2.23. The Hall–Kier alpha value is -1.64. The fourth-order valence-corrected chi connectivity index (χ4v) is 4.05. The molecule has 0 bridgehead atoms. The number of sulfone groups is 1. The minimum absolute atomic E-state index is 0.00720. The van der Waals surface area contributed by atoms with Crippen LogP contribution in [0.25, 0.3) is 0 Å². The van der Waals surface area contributed by atoms with Crippen LogP contribution in [0, 0.1) is 10.1 Å². The molecule has 1 aliphatic heterocycles. The third-order valence-electron chi connectivity index (χ3n) is 3.66. The average Bonchev–Trinajstić information content (AvgIpc) is 2.69. The van der Waals surface area contributed by atoms with Crippen LogP contribution in [0.3, 0.4) is 0 Å². The molecule has 118 valence electrons. The van der Waals surface area contributed by atoms with Gasteiger partial charge in [0.25, 0.3) is 0 Å². The maximum Gasteiger partial charge on any atom is 0.333 e. The molecule has 1 saturated heterocycles. The first-order valence-corrected chi connectivity index (χ1v) is 8.83. The molecular weight excluding hydrogens is 296 g/mol. The smallest absolute Gasteiger partial charge is 0.333 e. The second-order valence-electron chi connectivity index (χ2n) is 5.35. The molecule has 0 atom stereocenters. The van der Waals surface area contributed by atoms with Gasteiger partial charge in [0.15, 0.2) is 0 Å². The van der Waals surface area contributed by atoms with Crippen LogP contribution in [0.5, 0.6) is 0 Å². The van der Waals surface area contributed by atoms with Crippen LogP contribution in [0.15, 0.2) is 0 Å². The summed E-state index contributed by atoms with van der Waals surface area (Å²) in [5.74, 6) is 0.615. The predicted octanol–water partition coefficient (Wildman–Crippen LogP) is 1.27. The Morgan fingerprint density at radius 1 is 1.43 bits per heavy atom. The fourth-order valence-electron chi connectivity index (χ4n) is 2.55. The molecule has 1 aliphatic rings. The normalized spacial score (nSPS) is 18.6. The van der Waals surface area contributed by atoms with Crippen molar-refractivity contribution in [3.63, 3.8) is 0 Å². The Kier molecular flexibility index (Phi) is 4.50. The lowest BCUT2D eigenvalue weighted by atomic mass is 10.1. The summed E-state index contributed by atoms with van der Waals surface area (Å²) >= 11 is 0. The zero-order chi connectivity index (χ0) is 15.6. The largest absolute Gasteiger partial charge is 0.362 e. The lowest BCUT2D eigenvalue weighted by molar-refractivity contribution is -0.384. The van der Waals surface area contributed by atoms with Gasteiger partial charge in [-0.1, -0.05) is 13.3 Å². The number of nitrogens with one attached hydrogen (secondary N) is 1. The number of hydrogen-bond donors (Lipinski definition) is 1. The van der Waals surface area contributed by atoms with E-state index in [1.165, 1.54) is 4.68 Å². The summed E-state index contributed by atoms with van der Waals surface area (Å²) in [4.78, 5) is 10.9. The van der Waals surface area contributed by atoms with Crippen LogP contribution in [-0.2, 0) is 23.3 Å². The van der Waals surface area contributed by atoms with E-state index in [1.54, 1.807) is 7.05 Å². The van der Waals surface area contributed by atoms with E-state index in [-0.39, 0.29) is 23.2 Å². The number of hydrogen-bond acceptors (Lipinski definition) is 6. The average molecular weight is 316 g/mol. The molecule has 9 heteroatoms. The molecule has 0 spiro atoms. The van der Waals surface area contributed by atoms with Crippen LogP contribution in [0.2, 0.25) is 0 Å². The molecule has 0 saturated carbocycles. The SMILES string of the molecule is CCCc1nn(C)c(NC2CCS(=O)(=O)CC2)c1[N+](=O)[O-]. The van der Waals surface area contributed by atoms with E-state index < -0.39 is 14.8 Å². The van der Waals surface area contributed by atoms with Crippen molar-refractivity contribution in [2.75, 3.05) is 16.8 Å². The Morgan fingerprint density at radius 3 is 2.57 bits per heavy atom. The summed E-state index contributed by atoms with van der Waals surface area (Å²) in [6, 6.07) is -0.0721. The molecule has 1 fully saturated rings. The number of aromatic nitrogens is 2. The van der Waals surface area contributed by atoms with E-state index in [0.29, 0.717) is 30.8 Å². The maximum absolute atomic E-state index is 11.4. The van der Waals surface area contributed by atoms with Gasteiger partial charge < -0.3 is 5.32 Å². The number of aryl methyl sites for hydroxylation is 2. The van der Waals surface area contributed by atoms with E-state index in [9.17, 15) is 18.5 Å². The summed E-state index contributed by atoms with van der Waals surface area (Å²) in [6.45, 7) is 1.94. The monoisotopic (exact) mass is 316 g/mol. The van der Waals surface area contributed by atoms with Crippen LogP contribution in [0.4, 0.5) is 11.5 Å². The van der Waals surface area contributed by atoms with Crippen molar-refractivity contribution < 1.29 is 13.3 Å². The van der Waals surface area contributed by atoms with Crippen molar-refractivity contribution in [1.29, 1.82) is 0 Å². The highest BCUT2D eigenvalue weighted by Gasteiger charge is 2.30. The number of rotatable bonds is 5. The van der Waals surface area contributed by atoms with Crippen LogP contribution in [-0.4, -0.2) is 40.7 Å². The van der Waals surface area contributed by atoms with Gasteiger partial charge in [-0.25, -0.2) is 13.1 Å². The Balaban J connectivity index is 2.22. The van der Waals surface area contributed by atoms with E-state index >= 15 is 0 Å². The number of anilines is 1. The highest BCUT2D eigenvalue weighted by molar-refractivity contribution is 7.91. The van der Waals surface area contributed by atoms with Crippen LogP contribution in [0.1, 0.15) is 31.9 Å². The molecule has 2 heterocycles. The van der Waals surface area contributed by atoms with Crippen molar-refractivity contribution in [2.45, 2.75) is 38.6 Å². The summed E-state index contributed by atoms with van der Waals surface area (Å²) in [7, 11) is -1.28. The molecule has 1 N–H and O–H groups in total. The first-order chi connectivity index (χ1) is 9.84. The minimum Gasteiger partial charge on any atom is -0.362 e. The Bertz CT molecular complexity index is 624. The first-order valence-electron chi connectivity index (χ1n) is 7.01. The van der Waals surface area contributed by atoms with Crippen molar-refractivity contribution >= 4 is 21.3 Å². The van der Waals surface area contributed by atoms with Crippen molar-refractivity contribution in [2.24, 2.45) is 7.05 Å². The van der Waals surface area contributed by atoms with E-state index in [0.717, 1.165) is 6.42 Å². The lowest BCUT2D eigenvalue weighted by Crippen LogP contribution is -2.32. The van der Waals surface area contributed by atoms with Gasteiger partial charge in [0, 0.05) is 13.1 Å². The van der Waals surface area contributed by atoms with E-state index in [2.05, 4.69) is 10.4 Å². The topological polar surface area (TPSA) is 107 Å². The van der Waals surface area contributed by atoms with Crippen LogP contribution >= 0.6 is 0 Å². The standard InChI is InChI=1S/C12H20N4O4S/c1-3-4-10-11(16(17)18)12(15(2)14-10)13-9-5-7-21(19,20)8-6-9/h9,13H,3-8H2,1-2H3. The zero-order valence-electron chi connectivity index (χ0n) is 12.2. The van der Waals surface area contributed by atoms with Crippen molar-refractivity contribution in [1.82, 2.24) is 9.78 Å². The molecule has 0 aromatic carbocycles. The third kappa shape index (κ3) is 3.52. The number of nitro groups is 1. The molecule has 2 rings (SSSR count). The highest BCUT2D eigenvalue weighted by Crippen LogP contribution is 2.30. The molecule has 0 aliphatic carbocycles. The Labute approximate surface area is 123 Å². The predicted molar refractivity (Wildman–Crippen MR) is 79.2 cm³/mol. The van der Waals surface area contributed by atoms with Gasteiger partial charge in [-0.05, 0) is 19.3 Å². The Morgan fingerprint density at radius 2 is 2.05 bits per heavy atom. The molecule has 1 aromatic rings. The number of nitrogens with zero attached hydrogens (tertiary/aromatic N) is 3. The van der Waals surface area contributed by atoms with Gasteiger partial charge >= 0.3 is 5.69 Å².